The Morgan fingerprint density at radius 3 is 2.51 bits per heavy atom. The molecular weight excluding hydrogens is 460 g/mol. The van der Waals surface area contributed by atoms with Crippen molar-refractivity contribution in [1.82, 2.24) is 9.30 Å². The smallest absolute Gasteiger partial charge is 0.410 e. The molecule has 2 fully saturated rings. The van der Waals surface area contributed by atoms with E-state index in [1.54, 1.807) is 32.6 Å². The van der Waals surface area contributed by atoms with Gasteiger partial charge in [0.25, 0.3) is 5.56 Å². The summed E-state index contributed by atoms with van der Waals surface area (Å²) in [6.07, 6.45) is 2.70. The molecule has 0 radical (unpaired) electrons. The largest absolute Gasteiger partial charge is 0.477 e. The Labute approximate surface area is 202 Å². The molecule has 1 atom stereocenters. The van der Waals surface area contributed by atoms with Gasteiger partial charge in [-0.3, -0.25) is 9.20 Å². The van der Waals surface area contributed by atoms with Crippen LogP contribution in [0.1, 0.15) is 67.4 Å². The van der Waals surface area contributed by atoms with Crippen molar-refractivity contribution in [1.29, 1.82) is 0 Å². The summed E-state index contributed by atoms with van der Waals surface area (Å²) in [6, 6.07) is 1.06. The van der Waals surface area contributed by atoms with E-state index < -0.39 is 35.7 Å². The molecule has 0 aromatic carbocycles. The van der Waals surface area contributed by atoms with Crippen molar-refractivity contribution in [2.24, 2.45) is 0 Å². The minimum absolute atomic E-state index is 0.119. The number of aromatic carboxylic acids is 1. The van der Waals surface area contributed by atoms with Crippen LogP contribution in [-0.4, -0.2) is 64.4 Å². The number of carbonyl (C=O) groups excluding carboxylic acids is 1. The first-order chi connectivity index (χ1) is 16.4. The quantitative estimate of drug-likeness (QED) is 0.654. The summed E-state index contributed by atoms with van der Waals surface area (Å²) in [5.74, 6) is -1.87. The molecule has 35 heavy (non-hydrogen) atoms. The van der Waals surface area contributed by atoms with E-state index >= 15 is 4.39 Å². The van der Waals surface area contributed by atoms with Crippen LogP contribution in [0.2, 0.25) is 0 Å². The van der Waals surface area contributed by atoms with Crippen LogP contribution in [0.25, 0.3) is 5.52 Å². The van der Waals surface area contributed by atoms with Gasteiger partial charge in [-0.05, 0) is 70.1 Å². The van der Waals surface area contributed by atoms with E-state index in [-0.39, 0.29) is 30.6 Å². The highest BCUT2D eigenvalue weighted by molar-refractivity contribution is 5.89. The lowest BCUT2D eigenvalue weighted by molar-refractivity contribution is 0.0165. The van der Waals surface area contributed by atoms with E-state index in [1.807, 2.05) is 0 Å². The molecule has 8 nitrogen and oxygen atoms in total. The molecule has 0 unspecified atom stereocenters. The van der Waals surface area contributed by atoms with Crippen LogP contribution in [0.3, 0.4) is 0 Å². The van der Waals surface area contributed by atoms with Gasteiger partial charge < -0.3 is 19.6 Å². The van der Waals surface area contributed by atoms with Gasteiger partial charge in [0.1, 0.15) is 17.8 Å². The minimum Gasteiger partial charge on any atom is -0.477 e. The van der Waals surface area contributed by atoms with Gasteiger partial charge in [-0.25, -0.2) is 18.4 Å². The number of ether oxygens (including phenoxy) is 1. The van der Waals surface area contributed by atoms with E-state index in [2.05, 4.69) is 0 Å². The Morgan fingerprint density at radius 1 is 1.26 bits per heavy atom. The van der Waals surface area contributed by atoms with Gasteiger partial charge in [-0.1, -0.05) is 0 Å². The first-order valence-electron chi connectivity index (χ1n) is 11.8. The Hall–Kier alpha value is -3.17. The van der Waals surface area contributed by atoms with Gasteiger partial charge in [-0.2, -0.15) is 0 Å². The molecule has 2 aliphatic rings. The van der Waals surface area contributed by atoms with Gasteiger partial charge in [0.15, 0.2) is 5.82 Å². The van der Waals surface area contributed by atoms with Crippen LogP contribution in [0.15, 0.2) is 17.1 Å². The summed E-state index contributed by atoms with van der Waals surface area (Å²) < 4.78 is 35.3. The fourth-order valence-electron chi connectivity index (χ4n) is 4.92. The standard InChI is InChI=1S/C25H31F2N3O5/c1-14-20-17(15-5-6-15)11-18(23(32)33)22(31)30(20)13-19(27)21(14)28-9-7-16(12-28)29(10-8-26)24(34)35-25(2,3)4/h11,13,15-16H,5-10,12H2,1-4H3,(H,32,33)/t16-/m1/s1. The number of anilines is 1. The van der Waals surface area contributed by atoms with Crippen molar-refractivity contribution in [3.8, 4) is 0 Å². The topological polar surface area (TPSA) is 91.6 Å². The summed E-state index contributed by atoms with van der Waals surface area (Å²) in [7, 11) is 0. The number of hydrogen-bond donors (Lipinski definition) is 1. The zero-order chi connectivity index (χ0) is 25.7. The number of alkyl halides is 1. The average molecular weight is 492 g/mol. The van der Waals surface area contributed by atoms with Crippen LogP contribution < -0.4 is 10.5 Å². The van der Waals surface area contributed by atoms with Crippen molar-refractivity contribution in [2.45, 2.75) is 64.5 Å². The van der Waals surface area contributed by atoms with Gasteiger partial charge in [0.05, 0.1) is 30.0 Å². The molecule has 1 saturated heterocycles. The second-order valence-corrected chi connectivity index (χ2v) is 10.3. The van der Waals surface area contributed by atoms with Gasteiger partial charge in [-0.15, -0.1) is 0 Å². The summed E-state index contributed by atoms with van der Waals surface area (Å²) in [5.41, 5.74) is 0.212. The molecule has 2 aromatic rings. The minimum atomic E-state index is -1.34. The number of rotatable bonds is 6. The second kappa shape index (κ2) is 9.13. The molecule has 1 N–H and O–H groups in total. The zero-order valence-electron chi connectivity index (χ0n) is 20.4. The molecule has 0 spiro atoms. The highest BCUT2D eigenvalue weighted by atomic mass is 19.1. The van der Waals surface area contributed by atoms with Crippen LogP contribution >= 0.6 is 0 Å². The lowest BCUT2D eigenvalue weighted by Crippen LogP contribution is -2.45. The number of hydrogen-bond acceptors (Lipinski definition) is 5. The molecule has 4 rings (SSSR count). The molecule has 10 heteroatoms. The average Bonchev–Trinajstić information content (AvgIpc) is 3.49. The van der Waals surface area contributed by atoms with E-state index in [0.717, 1.165) is 29.0 Å². The van der Waals surface area contributed by atoms with Gasteiger partial charge in [0.2, 0.25) is 0 Å². The lowest BCUT2D eigenvalue weighted by Gasteiger charge is -2.31. The number of amides is 1. The first kappa shape index (κ1) is 24.9. The number of nitrogens with zero attached hydrogens (tertiary/aromatic N) is 3. The number of halogens is 2. The number of carboxylic acids is 1. The molecule has 1 amide bonds. The number of aryl methyl sites for hydroxylation is 1. The molecule has 2 aromatic heterocycles. The van der Waals surface area contributed by atoms with Crippen molar-refractivity contribution < 1.29 is 28.2 Å². The van der Waals surface area contributed by atoms with Crippen molar-refractivity contribution in [3.63, 3.8) is 0 Å². The molecular formula is C25H31F2N3O5. The summed E-state index contributed by atoms with van der Waals surface area (Å²) >= 11 is 0. The van der Waals surface area contributed by atoms with Crippen LogP contribution in [0.4, 0.5) is 19.3 Å². The Kier molecular flexibility index (Phi) is 6.50. The van der Waals surface area contributed by atoms with E-state index in [9.17, 15) is 23.9 Å². The second-order valence-electron chi connectivity index (χ2n) is 10.3. The normalized spacial score (nSPS) is 18.2. The van der Waals surface area contributed by atoms with Crippen LogP contribution in [0.5, 0.6) is 0 Å². The number of pyridine rings is 2. The summed E-state index contributed by atoms with van der Waals surface area (Å²) in [6.45, 7) is 6.81. The summed E-state index contributed by atoms with van der Waals surface area (Å²) in [4.78, 5) is 40.3. The Balaban J connectivity index is 1.72. The number of fused-ring (bicyclic) bond motifs is 1. The number of aromatic nitrogens is 1. The zero-order valence-corrected chi connectivity index (χ0v) is 20.4. The molecule has 1 aliphatic carbocycles. The predicted molar refractivity (Wildman–Crippen MR) is 127 cm³/mol. The third kappa shape index (κ3) is 4.83. The van der Waals surface area contributed by atoms with Gasteiger partial charge >= 0.3 is 12.1 Å². The van der Waals surface area contributed by atoms with Crippen LogP contribution in [-0.2, 0) is 4.74 Å². The van der Waals surface area contributed by atoms with Crippen molar-refractivity contribution in [3.05, 3.63) is 45.1 Å². The lowest BCUT2D eigenvalue weighted by atomic mass is 10.0. The maximum atomic E-state index is 15.4. The highest BCUT2D eigenvalue weighted by Crippen LogP contribution is 2.44. The third-order valence-corrected chi connectivity index (χ3v) is 6.56. The number of carboxylic acid groups (broad SMARTS) is 1. The highest BCUT2D eigenvalue weighted by Gasteiger charge is 2.36. The fraction of sp³-hybridized carbons (Fsp3) is 0.560. The fourth-order valence-corrected chi connectivity index (χ4v) is 4.92. The predicted octanol–water partition coefficient (Wildman–Crippen LogP) is 4.11. The molecule has 190 valence electrons. The van der Waals surface area contributed by atoms with Gasteiger partial charge in [0, 0.05) is 13.1 Å². The van der Waals surface area contributed by atoms with Crippen LogP contribution in [0, 0.1) is 12.7 Å². The van der Waals surface area contributed by atoms with Crippen molar-refractivity contribution >= 4 is 23.3 Å². The van der Waals surface area contributed by atoms with E-state index in [4.69, 9.17) is 4.74 Å². The Morgan fingerprint density at radius 2 is 1.94 bits per heavy atom. The molecule has 1 aliphatic heterocycles. The third-order valence-electron chi connectivity index (χ3n) is 6.56. The van der Waals surface area contributed by atoms with E-state index in [1.165, 1.54) is 11.0 Å². The SMILES string of the molecule is Cc1c(N2CC[C@@H](N(CCF)C(=O)OC(C)(C)C)C2)c(F)cn2c(=O)c(C(=O)O)cc(C3CC3)c12. The monoisotopic (exact) mass is 491 g/mol. The Bertz CT molecular complexity index is 1230. The molecule has 0 bridgehead atoms. The van der Waals surface area contributed by atoms with Crippen molar-refractivity contribution in [2.75, 3.05) is 31.2 Å². The van der Waals surface area contributed by atoms with E-state index in [0.29, 0.717) is 29.7 Å². The molecule has 3 heterocycles. The summed E-state index contributed by atoms with van der Waals surface area (Å²) in [5, 5.41) is 9.47. The maximum absolute atomic E-state index is 15.4. The number of carbonyl (C=O) groups is 2. The first-order valence-corrected chi connectivity index (χ1v) is 11.8. The molecule has 1 saturated carbocycles. The maximum Gasteiger partial charge on any atom is 0.410 e.